The molecule has 0 N–H and O–H groups in total. The average Bonchev–Trinajstić information content (AvgIpc) is 1.97. The molecular formula is C8H14O3. The lowest BCUT2D eigenvalue weighted by atomic mass is 10.4. The summed E-state index contributed by atoms with van der Waals surface area (Å²) in [5.74, 6) is -0.336. The fourth-order valence-corrected chi connectivity index (χ4v) is 0.577. The Bertz CT molecular complexity index is 140. The number of ether oxygens (including phenoxy) is 2. The predicted molar refractivity (Wildman–Crippen MR) is 42.0 cm³/mol. The summed E-state index contributed by atoms with van der Waals surface area (Å²) in [7, 11) is 1.49. The molecule has 0 aromatic rings. The minimum atomic E-state index is -0.535. The molecule has 0 rings (SSSR count). The van der Waals surface area contributed by atoms with Gasteiger partial charge in [0, 0.05) is 14.0 Å². The molecule has 0 saturated carbocycles. The maximum Gasteiger partial charge on any atom is 0.305 e. The van der Waals surface area contributed by atoms with Crippen LogP contribution in [0.3, 0.4) is 0 Å². The monoisotopic (exact) mass is 158 g/mol. The molecule has 0 spiro atoms. The molecule has 0 bridgehead atoms. The zero-order valence-corrected chi connectivity index (χ0v) is 7.16. The smallest absolute Gasteiger partial charge is 0.305 e. The van der Waals surface area contributed by atoms with Gasteiger partial charge in [0.15, 0.2) is 0 Å². The van der Waals surface area contributed by atoms with E-state index in [0.29, 0.717) is 0 Å². The first-order valence-corrected chi connectivity index (χ1v) is 3.57. The van der Waals surface area contributed by atoms with Gasteiger partial charge >= 0.3 is 5.97 Å². The summed E-state index contributed by atoms with van der Waals surface area (Å²) in [5.41, 5.74) is 0. The number of carbonyl (C=O) groups is 1. The van der Waals surface area contributed by atoms with E-state index in [-0.39, 0.29) is 5.97 Å². The van der Waals surface area contributed by atoms with Gasteiger partial charge in [-0.1, -0.05) is 13.0 Å². The molecule has 0 aliphatic carbocycles. The topological polar surface area (TPSA) is 35.5 Å². The number of allylic oxidation sites excluding steroid dienone is 1. The molecule has 3 nitrogen and oxygen atoms in total. The van der Waals surface area contributed by atoms with Crippen molar-refractivity contribution >= 4 is 5.97 Å². The van der Waals surface area contributed by atoms with Crippen molar-refractivity contribution in [1.29, 1.82) is 0 Å². The highest BCUT2D eigenvalue weighted by atomic mass is 16.7. The van der Waals surface area contributed by atoms with E-state index in [4.69, 9.17) is 9.47 Å². The van der Waals surface area contributed by atoms with Gasteiger partial charge in [0.25, 0.3) is 0 Å². The minimum absolute atomic E-state index is 0.336. The normalized spacial score (nSPS) is 13.4. The predicted octanol–water partition coefficient (Wildman–Crippen LogP) is 1.49. The standard InChI is InChI=1S/C8H14O3/c1-4-5-6-8(10-3)11-7(2)9/h5-6,8H,4H2,1-3H3. The Morgan fingerprint density at radius 3 is 2.64 bits per heavy atom. The zero-order valence-electron chi connectivity index (χ0n) is 7.16. The quantitative estimate of drug-likeness (QED) is 0.353. The van der Waals surface area contributed by atoms with Gasteiger partial charge in [-0.3, -0.25) is 4.79 Å². The third-order valence-corrected chi connectivity index (χ3v) is 1.04. The lowest BCUT2D eigenvalue weighted by Crippen LogP contribution is -2.15. The molecule has 0 aliphatic rings. The number of carbonyl (C=O) groups excluding carboxylic acids is 1. The lowest BCUT2D eigenvalue weighted by molar-refractivity contribution is -0.162. The maximum absolute atomic E-state index is 10.4. The van der Waals surface area contributed by atoms with Crippen LogP contribution in [-0.2, 0) is 14.3 Å². The van der Waals surface area contributed by atoms with E-state index in [0.717, 1.165) is 6.42 Å². The molecule has 64 valence electrons. The molecule has 11 heavy (non-hydrogen) atoms. The Labute approximate surface area is 67.0 Å². The van der Waals surface area contributed by atoms with Crippen LogP contribution >= 0.6 is 0 Å². The van der Waals surface area contributed by atoms with Crippen molar-refractivity contribution in [2.45, 2.75) is 26.6 Å². The largest absolute Gasteiger partial charge is 0.432 e. The molecule has 0 aliphatic heterocycles. The first kappa shape index (κ1) is 10.2. The Morgan fingerprint density at radius 2 is 2.27 bits per heavy atom. The van der Waals surface area contributed by atoms with E-state index in [1.54, 1.807) is 6.08 Å². The van der Waals surface area contributed by atoms with Gasteiger partial charge in [0.05, 0.1) is 0 Å². The van der Waals surface area contributed by atoms with Crippen molar-refractivity contribution in [3.8, 4) is 0 Å². The second-order valence-corrected chi connectivity index (χ2v) is 2.05. The molecule has 0 heterocycles. The number of hydrogen-bond acceptors (Lipinski definition) is 3. The van der Waals surface area contributed by atoms with E-state index < -0.39 is 6.29 Å². The van der Waals surface area contributed by atoms with Crippen molar-refractivity contribution < 1.29 is 14.3 Å². The van der Waals surface area contributed by atoms with Crippen LogP contribution in [0.5, 0.6) is 0 Å². The van der Waals surface area contributed by atoms with Crippen LogP contribution in [0, 0.1) is 0 Å². The van der Waals surface area contributed by atoms with Crippen LogP contribution in [-0.4, -0.2) is 19.4 Å². The van der Waals surface area contributed by atoms with Gasteiger partial charge in [-0.05, 0) is 12.5 Å². The van der Waals surface area contributed by atoms with E-state index in [2.05, 4.69) is 0 Å². The van der Waals surface area contributed by atoms with Gasteiger partial charge in [-0.2, -0.15) is 0 Å². The number of hydrogen-bond donors (Lipinski definition) is 0. The summed E-state index contributed by atoms with van der Waals surface area (Å²) in [6.07, 6.45) is 3.96. The van der Waals surface area contributed by atoms with Gasteiger partial charge in [-0.15, -0.1) is 0 Å². The van der Waals surface area contributed by atoms with Crippen molar-refractivity contribution in [3.05, 3.63) is 12.2 Å². The van der Waals surface area contributed by atoms with Gasteiger partial charge in [0.2, 0.25) is 6.29 Å². The Balaban J connectivity index is 3.75. The highest BCUT2D eigenvalue weighted by Gasteiger charge is 2.03. The van der Waals surface area contributed by atoms with Gasteiger partial charge in [-0.25, -0.2) is 0 Å². The fourth-order valence-electron chi connectivity index (χ4n) is 0.577. The van der Waals surface area contributed by atoms with Crippen molar-refractivity contribution in [1.82, 2.24) is 0 Å². The van der Waals surface area contributed by atoms with Crippen LogP contribution in [0.4, 0.5) is 0 Å². The molecule has 0 amide bonds. The molecule has 1 unspecified atom stereocenters. The van der Waals surface area contributed by atoms with E-state index in [1.807, 2.05) is 13.0 Å². The molecular weight excluding hydrogens is 144 g/mol. The summed E-state index contributed by atoms with van der Waals surface area (Å²) in [4.78, 5) is 10.4. The Morgan fingerprint density at radius 1 is 1.64 bits per heavy atom. The van der Waals surface area contributed by atoms with Gasteiger partial charge in [0.1, 0.15) is 0 Å². The molecule has 0 radical (unpaired) electrons. The van der Waals surface area contributed by atoms with Crippen molar-refractivity contribution in [2.75, 3.05) is 7.11 Å². The maximum atomic E-state index is 10.4. The first-order valence-electron chi connectivity index (χ1n) is 3.57. The summed E-state index contributed by atoms with van der Waals surface area (Å²) < 4.78 is 9.59. The molecule has 0 saturated heterocycles. The molecule has 3 heteroatoms. The van der Waals surface area contributed by atoms with Crippen molar-refractivity contribution in [3.63, 3.8) is 0 Å². The average molecular weight is 158 g/mol. The minimum Gasteiger partial charge on any atom is -0.432 e. The van der Waals surface area contributed by atoms with Crippen LogP contribution in [0.15, 0.2) is 12.2 Å². The molecule has 1 atom stereocenters. The van der Waals surface area contributed by atoms with Crippen molar-refractivity contribution in [2.24, 2.45) is 0 Å². The number of methoxy groups -OCH3 is 1. The van der Waals surface area contributed by atoms with Crippen LogP contribution in [0.1, 0.15) is 20.3 Å². The first-order chi connectivity index (χ1) is 5.20. The summed E-state index contributed by atoms with van der Waals surface area (Å²) in [5, 5.41) is 0. The lowest BCUT2D eigenvalue weighted by Gasteiger charge is -2.09. The second kappa shape index (κ2) is 5.92. The Kier molecular flexibility index (Phi) is 5.47. The van der Waals surface area contributed by atoms with E-state index >= 15 is 0 Å². The molecule has 0 aromatic heterocycles. The zero-order chi connectivity index (χ0) is 8.69. The molecule has 0 aromatic carbocycles. The van der Waals surface area contributed by atoms with Crippen LogP contribution < -0.4 is 0 Å². The third-order valence-electron chi connectivity index (χ3n) is 1.04. The molecule has 0 fully saturated rings. The Hall–Kier alpha value is -0.830. The fraction of sp³-hybridized carbons (Fsp3) is 0.625. The highest BCUT2D eigenvalue weighted by Crippen LogP contribution is 1.96. The third kappa shape index (κ3) is 5.61. The number of esters is 1. The summed E-state index contributed by atoms with van der Waals surface area (Å²) in [6, 6.07) is 0. The SMILES string of the molecule is CCC=CC(OC)OC(C)=O. The van der Waals surface area contributed by atoms with Gasteiger partial charge < -0.3 is 9.47 Å². The highest BCUT2D eigenvalue weighted by molar-refractivity contribution is 5.66. The summed E-state index contributed by atoms with van der Waals surface area (Å²) >= 11 is 0. The van der Waals surface area contributed by atoms with E-state index in [9.17, 15) is 4.79 Å². The van der Waals surface area contributed by atoms with E-state index in [1.165, 1.54) is 14.0 Å². The van der Waals surface area contributed by atoms with Crippen LogP contribution in [0.25, 0.3) is 0 Å². The number of rotatable bonds is 4. The second-order valence-electron chi connectivity index (χ2n) is 2.05. The summed E-state index contributed by atoms with van der Waals surface area (Å²) in [6.45, 7) is 3.35. The van der Waals surface area contributed by atoms with Crippen LogP contribution in [0.2, 0.25) is 0 Å².